The molecule has 2 atom stereocenters. The molecular weight excluding hydrogens is 228 g/mol. The van der Waals surface area contributed by atoms with Crippen LogP contribution in [-0.2, 0) is 6.42 Å². The first kappa shape index (κ1) is 13.1. The Morgan fingerprint density at radius 1 is 1.56 bits per heavy atom. The predicted molar refractivity (Wildman–Crippen MR) is 72.8 cm³/mol. The van der Waals surface area contributed by atoms with E-state index in [0.717, 1.165) is 24.5 Å². The number of nitrogens with two attached hydrogens (primary N) is 1. The zero-order valence-corrected chi connectivity index (χ0v) is 11.1. The summed E-state index contributed by atoms with van der Waals surface area (Å²) in [7, 11) is 2.01. The maximum atomic E-state index is 11.6. The van der Waals surface area contributed by atoms with Crippen LogP contribution in [0, 0.1) is 5.92 Å². The molecule has 0 aromatic carbocycles. The summed E-state index contributed by atoms with van der Waals surface area (Å²) in [6.45, 7) is 2.69. The molecule has 1 saturated carbocycles. The van der Waals surface area contributed by atoms with Crippen LogP contribution in [0.2, 0.25) is 0 Å². The molecule has 100 valence electrons. The molecule has 5 heteroatoms. The first-order chi connectivity index (χ1) is 8.65. The summed E-state index contributed by atoms with van der Waals surface area (Å²) in [5.41, 5.74) is 5.73. The van der Waals surface area contributed by atoms with E-state index in [9.17, 15) is 4.79 Å². The van der Waals surface area contributed by atoms with Crippen molar-refractivity contribution in [3.05, 3.63) is 22.2 Å². The Hall–Kier alpha value is -1.36. The molecule has 0 spiro atoms. The summed E-state index contributed by atoms with van der Waals surface area (Å²) >= 11 is 0. The Labute approximate surface area is 107 Å². The van der Waals surface area contributed by atoms with Gasteiger partial charge in [0.25, 0.3) is 5.56 Å². The summed E-state index contributed by atoms with van der Waals surface area (Å²) < 4.78 is 0. The number of aromatic nitrogens is 2. The van der Waals surface area contributed by atoms with Crippen LogP contribution in [0.25, 0.3) is 0 Å². The quantitative estimate of drug-likeness (QED) is 0.832. The fraction of sp³-hybridized carbons (Fsp3) is 0.692. The molecule has 2 unspecified atom stereocenters. The van der Waals surface area contributed by atoms with Gasteiger partial charge in [0.05, 0.1) is 0 Å². The molecule has 0 amide bonds. The van der Waals surface area contributed by atoms with Gasteiger partial charge in [-0.15, -0.1) is 0 Å². The van der Waals surface area contributed by atoms with Gasteiger partial charge in [0.1, 0.15) is 11.6 Å². The largest absolute Gasteiger partial charge is 0.356 e. The lowest BCUT2D eigenvalue weighted by Crippen LogP contribution is -2.38. The van der Waals surface area contributed by atoms with E-state index in [1.807, 2.05) is 14.0 Å². The first-order valence-corrected chi connectivity index (χ1v) is 6.68. The van der Waals surface area contributed by atoms with Gasteiger partial charge in [0, 0.05) is 25.6 Å². The molecule has 5 nitrogen and oxygen atoms in total. The van der Waals surface area contributed by atoms with Gasteiger partial charge >= 0.3 is 0 Å². The van der Waals surface area contributed by atoms with Gasteiger partial charge in [-0.1, -0.05) is 13.3 Å². The van der Waals surface area contributed by atoms with Crippen molar-refractivity contribution in [2.24, 2.45) is 11.7 Å². The van der Waals surface area contributed by atoms with Crippen molar-refractivity contribution in [1.82, 2.24) is 9.97 Å². The van der Waals surface area contributed by atoms with Crippen LogP contribution in [0.1, 0.15) is 32.0 Å². The summed E-state index contributed by atoms with van der Waals surface area (Å²) in [6.07, 6.45) is 4.26. The molecule has 0 bridgehead atoms. The summed E-state index contributed by atoms with van der Waals surface area (Å²) in [4.78, 5) is 21.0. The number of anilines is 1. The fourth-order valence-electron chi connectivity index (χ4n) is 2.81. The molecule has 1 aliphatic carbocycles. The average Bonchev–Trinajstić information content (AvgIpc) is 2.85. The molecule has 2 rings (SSSR count). The maximum Gasteiger partial charge on any atom is 0.252 e. The van der Waals surface area contributed by atoms with Gasteiger partial charge in [-0.25, -0.2) is 4.98 Å². The molecule has 1 heterocycles. The van der Waals surface area contributed by atoms with Crippen molar-refractivity contribution in [3.63, 3.8) is 0 Å². The van der Waals surface area contributed by atoms with Crippen molar-refractivity contribution in [1.29, 1.82) is 0 Å². The molecule has 0 saturated heterocycles. The van der Waals surface area contributed by atoms with Crippen molar-refractivity contribution >= 4 is 5.82 Å². The lowest BCUT2D eigenvalue weighted by Gasteiger charge is -2.30. The molecule has 0 aliphatic heterocycles. The van der Waals surface area contributed by atoms with E-state index in [-0.39, 0.29) is 5.56 Å². The zero-order chi connectivity index (χ0) is 13.1. The number of nitrogens with one attached hydrogen (secondary N) is 1. The summed E-state index contributed by atoms with van der Waals surface area (Å²) in [6, 6.07) is 1.99. The predicted octanol–water partition coefficient (Wildman–Crippen LogP) is 0.896. The standard InChI is InChI=1S/C13H22N4O/c1-3-11-15-12(7-13(18)16-11)17(2)10-6-4-5-9(10)8-14/h7,9-10H,3-6,8,14H2,1-2H3,(H,15,16,18). The molecule has 3 N–H and O–H groups in total. The Bertz CT molecular complexity index is 457. The molecule has 18 heavy (non-hydrogen) atoms. The number of aromatic amines is 1. The van der Waals surface area contributed by atoms with E-state index in [0.29, 0.717) is 18.5 Å². The van der Waals surface area contributed by atoms with E-state index >= 15 is 0 Å². The van der Waals surface area contributed by atoms with Gasteiger partial charge in [-0.3, -0.25) is 4.79 Å². The van der Waals surface area contributed by atoms with E-state index < -0.39 is 0 Å². The highest BCUT2D eigenvalue weighted by molar-refractivity contribution is 5.38. The number of H-pyrrole nitrogens is 1. The molecule has 1 aromatic heterocycles. The Morgan fingerprint density at radius 3 is 3.00 bits per heavy atom. The summed E-state index contributed by atoms with van der Waals surface area (Å²) in [5, 5.41) is 0. The van der Waals surface area contributed by atoms with Gasteiger partial charge in [-0.05, 0) is 25.3 Å². The van der Waals surface area contributed by atoms with Crippen LogP contribution < -0.4 is 16.2 Å². The Kier molecular flexibility index (Phi) is 4.01. The molecular formula is C13H22N4O. The van der Waals surface area contributed by atoms with Gasteiger partial charge in [-0.2, -0.15) is 0 Å². The second-order valence-corrected chi connectivity index (χ2v) is 5.01. The van der Waals surface area contributed by atoms with Crippen LogP contribution >= 0.6 is 0 Å². The van der Waals surface area contributed by atoms with Crippen LogP contribution in [0.15, 0.2) is 10.9 Å². The van der Waals surface area contributed by atoms with E-state index in [1.165, 1.54) is 12.8 Å². The van der Waals surface area contributed by atoms with E-state index in [2.05, 4.69) is 14.9 Å². The highest BCUT2D eigenvalue weighted by Gasteiger charge is 2.30. The lowest BCUT2D eigenvalue weighted by atomic mass is 10.0. The molecule has 1 aliphatic rings. The van der Waals surface area contributed by atoms with Crippen molar-refractivity contribution in [3.8, 4) is 0 Å². The Morgan fingerprint density at radius 2 is 2.33 bits per heavy atom. The minimum atomic E-state index is -0.0778. The van der Waals surface area contributed by atoms with E-state index in [4.69, 9.17) is 5.73 Å². The Balaban J connectivity index is 2.25. The first-order valence-electron chi connectivity index (χ1n) is 6.68. The monoisotopic (exact) mass is 250 g/mol. The molecule has 1 fully saturated rings. The fourth-order valence-corrected chi connectivity index (χ4v) is 2.81. The van der Waals surface area contributed by atoms with E-state index in [1.54, 1.807) is 6.07 Å². The minimum absolute atomic E-state index is 0.0778. The molecule has 1 aromatic rings. The highest BCUT2D eigenvalue weighted by atomic mass is 16.1. The van der Waals surface area contributed by atoms with Crippen molar-refractivity contribution in [2.45, 2.75) is 38.6 Å². The number of rotatable bonds is 4. The second kappa shape index (κ2) is 5.52. The SMILES string of the molecule is CCc1nc(N(C)C2CCCC2CN)cc(=O)[nH]1. The number of hydrogen-bond donors (Lipinski definition) is 2. The van der Waals surface area contributed by atoms with Crippen molar-refractivity contribution < 1.29 is 0 Å². The second-order valence-electron chi connectivity index (χ2n) is 5.01. The third-order valence-corrected chi connectivity index (χ3v) is 3.89. The maximum absolute atomic E-state index is 11.6. The van der Waals surface area contributed by atoms with Crippen molar-refractivity contribution in [2.75, 3.05) is 18.5 Å². The topological polar surface area (TPSA) is 75.0 Å². The average molecular weight is 250 g/mol. The van der Waals surface area contributed by atoms with Crippen LogP contribution in [-0.4, -0.2) is 29.6 Å². The minimum Gasteiger partial charge on any atom is -0.356 e. The number of nitrogens with zero attached hydrogens (tertiary/aromatic N) is 2. The summed E-state index contributed by atoms with van der Waals surface area (Å²) in [5.74, 6) is 2.02. The third kappa shape index (κ3) is 2.56. The highest BCUT2D eigenvalue weighted by Crippen LogP contribution is 2.30. The zero-order valence-electron chi connectivity index (χ0n) is 11.1. The molecule has 0 radical (unpaired) electrons. The van der Waals surface area contributed by atoms with Crippen LogP contribution in [0.5, 0.6) is 0 Å². The lowest BCUT2D eigenvalue weighted by molar-refractivity contribution is 0.471. The van der Waals surface area contributed by atoms with Gasteiger partial charge in [0.15, 0.2) is 0 Å². The van der Waals surface area contributed by atoms with Gasteiger partial charge < -0.3 is 15.6 Å². The number of hydrogen-bond acceptors (Lipinski definition) is 4. The van der Waals surface area contributed by atoms with Crippen LogP contribution in [0.3, 0.4) is 0 Å². The third-order valence-electron chi connectivity index (χ3n) is 3.89. The van der Waals surface area contributed by atoms with Crippen LogP contribution in [0.4, 0.5) is 5.82 Å². The normalized spacial score (nSPS) is 23.3. The number of aryl methyl sites for hydroxylation is 1. The smallest absolute Gasteiger partial charge is 0.252 e. The van der Waals surface area contributed by atoms with Gasteiger partial charge in [0.2, 0.25) is 0 Å².